The molecule has 2 aromatic rings. The van der Waals surface area contributed by atoms with Crippen LogP contribution < -0.4 is 11.1 Å². The number of nitrogens with two attached hydrogens (primary N) is 1. The topological polar surface area (TPSA) is 63.8 Å². The molecule has 1 atom stereocenters. The third-order valence-electron chi connectivity index (χ3n) is 2.60. The SMILES string of the molecule is CC(Cc1ccc(F)cc1)Nc1nc(N)ncc1Br. The Morgan fingerprint density at radius 1 is 1.37 bits per heavy atom. The van der Waals surface area contributed by atoms with Crippen LogP contribution in [0.25, 0.3) is 0 Å². The van der Waals surface area contributed by atoms with Crippen LogP contribution in [-0.2, 0) is 6.42 Å². The maximum Gasteiger partial charge on any atom is 0.221 e. The largest absolute Gasteiger partial charge is 0.368 e. The Morgan fingerprint density at radius 2 is 2.05 bits per heavy atom. The Labute approximate surface area is 119 Å². The monoisotopic (exact) mass is 324 g/mol. The highest BCUT2D eigenvalue weighted by Gasteiger charge is 2.08. The molecule has 1 heterocycles. The van der Waals surface area contributed by atoms with Gasteiger partial charge >= 0.3 is 0 Å². The quantitative estimate of drug-likeness (QED) is 0.907. The van der Waals surface area contributed by atoms with Gasteiger partial charge in [-0.3, -0.25) is 0 Å². The average molecular weight is 325 g/mol. The van der Waals surface area contributed by atoms with Gasteiger partial charge in [0.05, 0.1) is 4.47 Å². The van der Waals surface area contributed by atoms with Crippen molar-refractivity contribution in [3.8, 4) is 0 Å². The number of hydrogen-bond acceptors (Lipinski definition) is 4. The number of hydrogen-bond donors (Lipinski definition) is 2. The van der Waals surface area contributed by atoms with Gasteiger partial charge < -0.3 is 11.1 Å². The number of benzene rings is 1. The van der Waals surface area contributed by atoms with Gasteiger partial charge in [0.1, 0.15) is 11.6 Å². The number of halogens is 2. The normalized spacial score (nSPS) is 12.2. The van der Waals surface area contributed by atoms with Crippen molar-refractivity contribution in [2.45, 2.75) is 19.4 Å². The lowest BCUT2D eigenvalue weighted by Gasteiger charge is -2.15. The Morgan fingerprint density at radius 3 is 2.74 bits per heavy atom. The van der Waals surface area contributed by atoms with E-state index in [2.05, 4.69) is 31.2 Å². The molecule has 0 radical (unpaired) electrons. The molecule has 2 rings (SSSR count). The highest BCUT2D eigenvalue weighted by atomic mass is 79.9. The first kappa shape index (κ1) is 13.7. The number of rotatable bonds is 4. The second kappa shape index (κ2) is 5.97. The van der Waals surface area contributed by atoms with Crippen molar-refractivity contribution in [2.24, 2.45) is 0 Å². The standard InChI is InChI=1S/C13H14BrFN4/c1-8(6-9-2-4-10(15)5-3-9)18-12-11(14)7-17-13(16)19-12/h2-5,7-8H,6H2,1H3,(H3,16,17,18,19). The molecule has 0 spiro atoms. The molecule has 0 bridgehead atoms. The summed E-state index contributed by atoms with van der Waals surface area (Å²) < 4.78 is 13.6. The van der Waals surface area contributed by atoms with Crippen molar-refractivity contribution in [1.82, 2.24) is 9.97 Å². The lowest BCUT2D eigenvalue weighted by molar-refractivity contribution is 0.626. The predicted octanol–water partition coefficient (Wildman–Crippen LogP) is 3.00. The van der Waals surface area contributed by atoms with Crippen molar-refractivity contribution < 1.29 is 4.39 Å². The number of nitrogens with zero attached hydrogens (tertiary/aromatic N) is 2. The molecule has 1 aromatic carbocycles. The van der Waals surface area contributed by atoms with Crippen molar-refractivity contribution in [2.75, 3.05) is 11.1 Å². The maximum absolute atomic E-state index is 12.8. The van der Waals surface area contributed by atoms with Gasteiger partial charge in [-0.25, -0.2) is 9.37 Å². The lowest BCUT2D eigenvalue weighted by atomic mass is 10.1. The predicted molar refractivity (Wildman–Crippen MR) is 77.3 cm³/mol. The summed E-state index contributed by atoms with van der Waals surface area (Å²) in [5, 5.41) is 3.24. The van der Waals surface area contributed by atoms with E-state index in [1.54, 1.807) is 18.3 Å². The molecular weight excluding hydrogens is 311 g/mol. The Kier molecular flexibility index (Phi) is 4.31. The van der Waals surface area contributed by atoms with Gasteiger partial charge in [-0.2, -0.15) is 4.98 Å². The highest BCUT2D eigenvalue weighted by Crippen LogP contribution is 2.20. The summed E-state index contributed by atoms with van der Waals surface area (Å²) in [7, 11) is 0. The van der Waals surface area contributed by atoms with Crippen LogP contribution in [0, 0.1) is 5.82 Å². The third kappa shape index (κ3) is 3.89. The van der Waals surface area contributed by atoms with Gasteiger partial charge in [-0.15, -0.1) is 0 Å². The molecule has 0 fully saturated rings. The first-order valence-electron chi connectivity index (χ1n) is 5.83. The number of anilines is 2. The van der Waals surface area contributed by atoms with E-state index in [0.29, 0.717) is 5.82 Å². The summed E-state index contributed by atoms with van der Waals surface area (Å²) in [6.45, 7) is 2.02. The Hall–Kier alpha value is -1.69. The highest BCUT2D eigenvalue weighted by molar-refractivity contribution is 9.10. The van der Waals surface area contributed by atoms with Gasteiger partial charge in [-0.05, 0) is 47.0 Å². The maximum atomic E-state index is 12.8. The van der Waals surface area contributed by atoms with Gasteiger partial charge in [0, 0.05) is 12.2 Å². The molecule has 0 saturated carbocycles. The van der Waals surface area contributed by atoms with E-state index in [4.69, 9.17) is 5.73 Å². The summed E-state index contributed by atoms with van der Waals surface area (Å²) >= 11 is 3.36. The minimum atomic E-state index is -0.226. The van der Waals surface area contributed by atoms with Crippen molar-refractivity contribution >= 4 is 27.7 Å². The van der Waals surface area contributed by atoms with E-state index in [1.165, 1.54) is 12.1 Å². The van der Waals surface area contributed by atoms with Gasteiger partial charge in [-0.1, -0.05) is 12.1 Å². The lowest BCUT2D eigenvalue weighted by Crippen LogP contribution is -2.19. The van der Waals surface area contributed by atoms with E-state index in [1.807, 2.05) is 6.92 Å². The molecule has 0 aliphatic heterocycles. The van der Waals surface area contributed by atoms with Crippen LogP contribution in [-0.4, -0.2) is 16.0 Å². The van der Waals surface area contributed by atoms with Crippen LogP contribution in [0.4, 0.5) is 16.2 Å². The van der Waals surface area contributed by atoms with E-state index in [-0.39, 0.29) is 17.8 Å². The second-order valence-electron chi connectivity index (χ2n) is 4.30. The summed E-state index contributed by atoms with van der Waals surface area (Å²) in [5.41, 5.74) is 6.60. The van der Waals surface area contributed by atoms with Crippen LogP contribution in [0.1, 0.15) is 12.5 Å². The zero-order valence-electron chi connectivity index (χ0n) is 10.4. The molecule has 1 unspecified atom stereocenters. The van der Waals surface area contributed by atoms with Crippen molar-refractivity contribution in [1.29, 1.82) is 0 Å². The van der Waals surface area contributed by atoms with E-state index >= 15 is 0 Å². The Bertz CT molecular complexity index is 559. The average Bonchev–Trinajstić information content (AvgIpc) is 2.37. The summed E-state index contributed by atoms with van der Waals surface area (Å²) in [6.07, 6.45) is 2.37. The minimum Gasteiger partial charge on any atom is -0.368 e. The number of nitrogens with one attached hydrogen (secondary N) is 1. The van der Waals surface area contributed by atoms with Gasteiger partial charge in [0.2, 0.25) is 5.95 Å². The molecule has 0 aliphatic carbocycles. The summed E-state index contributed by atoms with van der Waals surface area (Å²) in [5.74, 6) is 0.650. The smallest absolute Gasteiger partial charge is 0.221 e. The van der Waals surface area contributed by atoms with Crippen LogP contribution in [0.3, 0.4) is 0 Å². The van der Waals surface area contributed by atoms with Crippen molar-refractivity contribution in [3.05, 3.63) is 46.3 Å². The zero-order chi connectivity index (χ0) is 13.8. The fraction of sp³-hybridized carbons (Fsp3) is 0.231. The first-order chi connectivity index (χ1) is 9.04. The molecule has 100 valence electrons. The number of nitrogen functional groups attached to an aromatic ring is 1. The van der Waals surface area contributed by atoms with Crippen LogP contribution >= 0.6 is 15.9 Å². The van der Waals surface area contributed by atoms with Gasteiger partial charge in [0.15, 0.2) is 0 Å². The molecule has 0 saturated heterocycles. The Balaban J connectivity index is 2.02. The summed E-state index contributed by atoms with van der Waals surface area (Å²) in [4.78, 5) is 8.00. The fourth-order valence-corrected chi connectivity index (χ4v) is 2.05. The van der Waals surface area contributed by atoms with Crippen LogP contribution in [0.2, 0.25) is 0 Å². The van der Waals surface area contributed by atoms with Crippen molar-refractivity contribution in [3.63, 3.8) is 0 Å². The first-order valence-corrected chi connectivity index (χ1v) is 6.63. The minimum absolute atomic E-state index is 0.135. The van der Waals surface area contributed by atoms with Crippen LogP contribution in [0.5, 0.6) is 0 Å². The fourth-order valence-electron chi connectivity index (χ4n) is 1.74. The van der Waals surface area contributed by atoms with E-state index < -0.39 is 0 Å². The molecule has 0 amide bonds. The number of aromatic nitrogens is 2. The van der Waals surface area contributed by atoms with Crippen LogP contribution in [0.15, 0.2) is 34.9 Å². The van der Waals surface area contributed by atoms with Gasteiger partial charge in [0.25, 0.3) is 0 Å². The molecule has 6 heteroatoms. The molecule has 19 heavy (non-hydrogen) atoms. The van der Waals surface area contributed by atoms with E-state index in [0.717, 1.165) is 16.5 Å². The van der Waals surface area contributed by atoms with E-state index in [9.17, 15) is 4.39 Å². The molecule has 4 nitrogen and oxygen atoms in total. The third-order valence-corrected chi connectivity index (χ3v) is 3.18. The second-order valence-corrected chi connectivity index (χ2v) is 5.16. The summed E-state index contributed by atoms with van der Waals surface area (Å²) in [6, 6.07) is 6.60. The zero-order valence-corrected chi connectivity index (χ0v) is 12.0. The molecule has 3 N–H and O–H groups in total. The molecule has 0 aliphatic rings. The molecular formula is C13H14BrFN4. The molecule has 1 aromatic heterocycles.